The van der Waals surface area contributed by atoms with Crippen molar-refractivity contribution in [2.24, 2.45) is 25.4 Å². The van der Waals surface area contributed by atoms with Gasteiger partial charge in [0.15, 0.2) is 11.4 Å². The summed E-state index contributed by atoms with van der Waals surface area (Å²) >= 11 is 6.05. The molecule has 5 aromatic rings. The number of anilines is 1. The van der Waals surface area contributed by atoms with Crippen LogP contribution in [0.2, 0.25) is 5.28 Å². The highest BCUT2D eigenvalue weighted by Crippen LogP contribution is 2.46. The van der Waals surface area contributed by atoms with Gasteiger partial charge in [0.2, 0.25) is 23.0 Å². The van der Waals surface area contributed by atoms with Gasteiger partial charge in [-0.1, -0.05) is 6.92 Å². The molecule has 0 atom stereocenters. The largest absolute Gasteiger partial charge is 0.502 e. The van der Waals surface area contributed by atoms with E-state index in [2.05, 4.69) is 50.6 Å². The van der Waals surface area contributed by atoms with E-state index >= 15 is 0 Å². The molecule has 7 N–H and O–H groups in total. The number of aromatic nitrogens is 5. The summed E-state index contributed by atoms with van der Waals surface area (Å²) in [6.45, 7) is 8.96. The molecule has 342 valence electrons. The molecule has 0 bridgehead atoms. The van der Waals surface area contributed by atoms with Crippen molar-refractivity contribution in [3.8, 4) is 17.8 Å². The molecule has 29 heteroatoms. The van der Waals surface area contributed by atoms with Crippen LogP contribution < -0.4 is 16.4 Å². The molecule has 3 aromatic heterocycles. The van der Waals surface area contributed by atoms with Gasteiger partial charge in [0.25, 0.3) is 22.8 Å². The van der Waals surface area contributed by atoms with E-state index in [0.29, 0.717) is 10.6 Å². The smallest absolute Gasteiger partial charge is 0.409 e. The Bertz CT molecular complexity index is 3250. The zero-order valence-corrected chi connectivity index (χ0v) is 34.4. The van der Waals surface area contributed by atoms with Gasteiger partial charge in [0.05, 0.1) is 34.4 Å². The van der Waals surface area contributed by atoms with Crippen LogP contribution in [0.15, 0.2) is 71.4 Å². The number of carbonyl (C=O) groups is 4. The fourth-order valence-corrected chi connectivity index (χ4v) is 6.08. The minimum atomic E-state index is -5.57. The van der Waals surface area contributed by atoms with E-state index in [0.717, 1.165) is 37.3 Å². The van der Waals surface area contributed by atoms with Crippen molar-refractivity contribution in [2.75, 3.05) is 11.9 Å². The number of aromatic carboxylic acids is 4. The third-order valence-electron chi connectivity index (χ3n) is 8.94. The molecule has 0 spiro atoms. The van der Waals surface area contributed by atoms with E-state index < -0.39 is 139 Å². The van der Waals surface area contributed by atoms with Crippen molar-refractivity contribution in [1.29, 1.82) is 5.26 Å². The molecule has 25 nitrogen and oxygen atoms in total. The van der Waals surface area contributed by atoms with Gasteiger partial charge in [-0.3, -0.25) is 14.2 Å². The van der Waals surface area contributed by atoms with Crippen LogP contribution in [-0.4, -0.2) is 91.0 Å². The van der Waals surface area contributed by atoms with Crippen LogP contribution in [0.1, 0.15) is 72.0 Å². The van der Waals surface area contributed by atoms with E-state index in [1.54, 1.807) is 6.07 Å². The van der Waals surface area contributed by atoms with E-state index in [1.165, 1.54) is 6.92 Å². The van der Waals surface area contributed by atoms with Gasteiger partial charge >= 0.3 is 30.1 Å². The molecular formula is C38H25ClF3N13O12. The fraction of sp³-hybridized carbons (Fsp3) is 0.158. The Morgan fingerprint density at radius 1 is 0.851 bits per heavy atom. The van der Waals surface area contributed by atoms with Crippen LogP contribution in [0, 0.1) is 17.9 Å². The van der Waals surface area contributed by atoms with Gasteiger partial charge < -0.3 is 36.0 Å². The lowest BCUT2D eigenvalue weighted by Gasteiger charge is -2.16. The van der Waals surface area contributed by atoms with Crippen molar-refractivity contribution in [3.05, 3.63) is 113 Å². The first-order valence-electron chi connectivity index (χ1n) is 18.2. The maximum absolute atomic E-state index is 14.4. The normalized spacial score (nSPS) is 11.7. The number of halogens is 4. The number of rotatable bonds is 14. The van der Waals surface area contributed by atoms with Crippen LogP contribution in [0.5, 0.6) is 11.8 Å². The monoisotopic (exact) mass is 947 g/mol. The molecule has 0 aliphatic heterocycles. The first kappa shape index (κ1) is 48.6. The Morgan fingerprint density at radius 3 is 1.88 bits per heavy atom. The highest BCUT2D eigenvalue weighted by atomic mass is 35.5. The molecule has 2 aromatic carbocycles. The first-order valence-corrected chi connectivity index (χ1v) is 18.5. The summed E-state index contributed by atoms with van der Waals surface area (Å²) in [7, 11) is 0. The predicted molar refractivity (Wildman–Crippen MR) is 221 cm³/mol. The molecule has 0 saturated heterocycles. The molecule has 0 amide bonds. The Labute approximate surface area is 374 Å². The first-order chi connectivity index (χ1) is 31.5. The zero-order chi connectivity index (χ0) is 49.7. The van der Waals surface area contributed by atoms with Gasteiger partial charge in [-0.05, 0) is 61.3 Å². The summed E-state index contributed by atoms with van der Waals surface area (Å²) < 4.78 is 43.9. The Balaban J connectivity index is 1.53. The van der Waals surface area contributed by atoms with Crippen molar-refractivity contribution >= 4 is 81.6 Å². The summed E-state index contributed by atoms with van der Waals surface area (Å²) in [5.41, 5.74) is -12.6. The molecule has 0 aliphatic carbocycles. The van der Waals surface area contributed by atoms with Gasteiger partial charge in [-0.2, -0.15) is 38.4 Å². The summed E-state index contributed by atoms with van der Waals surface area (Å²) in [6, 6.07) is 6.86. The maximum Gasteiger partial charge on any atom is 0.409 e. The Hall–Kier alpha value is -9.44. The van der Waals surface area contributed by atoms with Crippen molar-refractivity contribution in [2.45, 2.75) is 33.0 Å². The van der Waals surface area contributed by atoms with E-state index in [-0.39, 0.29) is 28.7 Å². The Kier molecular flexibility index (Phi) is 14.2. The number of aliphatic imine (C=N–C) groups is 1. The van der Waals surface area contributed by atoms with Gasteiger partial charge in [0, 0.05) is 18.7 Å². The number of carboxylic acid groups (broad SMARTS) is 4. The SMILES string of the molecule is [C-]#[N+]c1c(C(F)(F)F)c(N=Nc2cc(C(=O)O)ccc2C(=O)O)c(=O)n(C(C)=Nc2nc(Cl)nc(NCCn3c(O)c(C#N)c(CC)c(N=Nc4cc(C(=O)O)ccc4C(=O)O)c3=O)n2)c1O. The average Bonchev–Trinajstić information content (AvgIpc) is 3.25. The highest BCUT2D eigenvalue weighted by Gasteiger charge is 2.41. The zero-order valence-electron chi connectivity index (χ0n) is 33.6. The molecule has 0 unspecified atom stereocenters. The minimum Gasteiger partial charge on any atom is -0.502 e. The van der Waals surface area contributed by atoms with Crippen LogP contribution in [0.25, 0.3) is 4.85 Å². The second-order valence-corrected chi connectivity index (χ2v) is 13.3. The lowest BCUT2D eigenvalue weighted by Crippen LogP contribution is -2.27. The van der Waals surface area contributed by atoms with Crippen molar-refractivity contribution in [3.63, 3.8) is 0 Å². The number of nitrogens with one attached hydrogen (secondary N) is 1. The summed E-state index contributed by atoms with van der Waals surface area (Å²) in [4.78, 5) is 92.0. The lowest BCUT2D eigenvalue weighted by atomic mass is 10.1. The van der Waals surface area contributed by atoms with E-state index in [1.807, 2.05) is 0 Å². The molecule has 0 aliphatic rings. The topological polar surface area (TPSA) is 374 Å². The molecule has 0 saturated carbocycles. The van der Waals surface area contributed by atoms with Gasteiger partial charge in [0.1, 0.15) is 28.8 Å². The van der Waals surface area contributed by atoms with E-state index in [4.69, 9.17) is 18.2 Å². The van der Waals surface area contributed by atoms with Crippen LogP contribution in [0.4, 0.5) is 53.5 Å². The predicted octanol–water partition coefficient (Wildman–Crippen LogP) is 6.60. The summed E-state index contributed by atoms with van der Waals surface area (Å²) in [5, 5.41) is 85.8. The second kappa shape index (κ2) is 19.5. The second-order valence-electron chi connectivity index (χ2n) is 13.0. The van der Waals surface area contributed by atoms with Crippen LogP contribution >= 0.6 is 11.6 Å². The number of alkyl halides is 3. The average molecular weight is 948 g/mol. The standard InChI is InChI=1S/C38H25ClF3N13O12/c1-4-17-20(13-43)27(56)54(28(57)24(17)52-50-21-11-15(31(60)61)5-7-18(21)33(64)65)10-9-45-36-47-35(39)48-37(49-36)46-14(2)55-29(58)25(44-3)23(38(40,41)42)26(30(55)59)53-51-22-12-16(32(62)63)6-8-19(22)34(66)67/h5-8,11-12,56,58H,4,9-10H2,1-2H3,(H,60,61)(H,62,63)(H,64,65)(H,66,67)(H,45,47,48,49). The number of hydrogen-bond donors (Lipinski definition) is 7. The van der Waals surface area contributed by atoms with Crippen LogP contribution in [-0.2, 0) is 19.1 Å². The molecule has 3 heterocycles. The quantitative estimate of drug-likeness (QED) is 0.0267. The third kappa shape index (κ3) is 10.2. The van der Waals surface area contributed by atoms with Gasteiger partial charge in [-0.15, -0.1) is 20.5 Å². The molecule has 0 fully saturated rings. The number of hydrogen-bond acceptors (Lipinski definition) is 18. The third-order valence-corrected chi connectivity index (χ3v) is 9.11. The Morgan fingerprint density at radius 2 is 1.40 bits per heavy atom. The van der Waals surface area contributed by atoms with E-state index in [9.17, 15) is 77.8 Å². The van der Waals surface area contributed by atoms with Crippen LogP contribution in [0.3, 0.4) is 0 Å². The minimum absolute atomic E-state index is 0.0657. The highest BCUT2D eigenvalue weighted by molar-refractivity contribution is 6.28. The number of azo groups is 2. The van der Waals surface area contributed by atoms with Crippen molar-refractivity contribution < 1.29 is 63.0 Å². The molecule has 0 radical (unpaired) electrons. The molecular weight excluding hydrogens is 923 g/mol. The van der Waals surface area contributed by atoms with Gasteiger partial charge in [-0.25, -0.2) is 28.6 Å². The number of pyridine rings is 2. The summed E-state index contributed by atoms with van der Waals surface area (Å²) in [6.07, 6.45) is -5.64. The number of aromatic hydroxyl groups is 2. The molecule has 67 heavy (non-hydrogen) atoms. The lowest BCUT2D eigenvalue weighted by molar-refractivity contribution is -0.136. The number of benzene rings is 2. The maximum atomic E-state index is 14.4. The number of nitriles is 1. The number of carboxylic acids is 4. The summed E-state index contributed by atoms with van der Waals surface area (Å²) in [5.74, 6) is -10.5. The number of nitrogens with zero attached hydrogens (tertiary/aromatic N) is 12. The van der Waals surface area contributed by atoms with Crippen molar-refractivity contribution in [1.82, 2.24) is 24.1 Å². The fourth-order valence-electron chi connectivity index (χ4n) is 5.93. The molecule has 5 rings (SSSR count).